The molecule has 1 atom stereocenters. The van der Waals surface area contributed by atoms with E-state index in [1.165, 1.54) is 5.56 Å². The predicted octanol–water partition coefficient (Wildman–Crippen LogP) is 2.30. The summed E-state index contributed by atoms with van der Waals surface area (Å²) >= 11 is 0. The molecule has 19 heavy (non-hydrogen) atoms. The van der Waals surface area contributed by atoms with Gasteiger partial charge in [-0.05, 0) is 37.1 Å². The highest BCUT2D eigenvalue weighted by molar-refractivity contribution is 5.41. The van der Waals surface area contributed by atoms with Crippen molar-refractivity contribution in [3.05, 3.63) is 23.9 Å². The molecule has 4 nitrogen and oxygen atoms in total. The summed E-state index contributed by atoms with van der Waals surface area (Å²) in [5.41, 5.74) is 1.27. The van der Waals surface area contributed by atoms with Gasteiger partial charge in [0.15, 0.2) is 0 Å². The van der Waals surface area contributed by atoms with E-state index in [1.807, 2.05) is 6.20 Å². The minimum absolute atomic E-state index is 0.316. The van der Waals surface area contributed by atoms with Gasteiger partial charge in [0, 0.05) is 26.9 Å². The maximum absolute atomic E-state index is 5.19. The molecule has 0 aliphatic rings. The molecule has 0 amide bonds. The number of methoxy groups -OCH3 is 1. The number of nitrogens with one attached hydrogen (secondary N) is 1. The summed E-state index contributed by atoms with van der Waals surface area (Å²) in [7, 11) is 3.78. The number of rotatable bonds is 8. The Labute approximate surface area is 117 Å². The highest BCUT2D eigenvalue weighted by atomic mass is 16.5. The van der Waals surface area contributed by atoms with Gasteiger partial charge in [-0.15, -0.1) is 0 Å². The van der Waals surface area contributed by atoms with E-state index in [9.17, 15) is 0 Å². The van der Waals surface area contributed by atoms with E-state index in [0.29, 0.717) is 18.6 Å². The molecule has 1 heterocycles. The predicted molar refractivity (Wildman–Crippen MR) is 80.5 cm³/mol. The van der Waals surface area contributed by atoms with Gasteiger partial charge in [-0.2, -0.15) is 0 Å². The zero-order valence-electron chi connectivity index (χ0n) is 12.8. The maximum atomic E-state index is 5.19. The van der Waals surface area contributed by atoms with Gasteiger partial charge in [-0.25, -0.2) is 4.98 Å². The first-order chi connectivity index (χ1) is 9.04. The average molecular weight is 265 g/mol. The Bertz CT molecular complexity index is 368. The molecule has 4 heteroatoms. The van der Waals surface area contributed by atoms with Gasteiger partial charge in [0.25, 0.3) is 0 Å². The molecule has 1 rings (SSSR count). The number of hydrogen-bond acceptors (Lipinski definition) is 4. The van der Waals surface area contributed by atoms with Gasteiger partial charge in [0.1, 0.15) is 5.82 Å². The molecule has 1 N–H and O–H groups in total. The summed E-state index contributed by atoms with van der Waals surface area (Å²) < 4.78 is 5.19. The topological polar surface area (TPSA) is 37.4 Å². The van der Waals surface area contributed by atoms with Gasteiger partial charge in [0.05, 0.1) is 12.6 Å². The summed E-state index contributed by atoms with van der Waals surface area (Å²) in [6.07, 6.45) is 1.87. The molecular weight excluding hydrogens is 238 g/mol. The number of aromatic nitrogens is 1. The lowest BCUT2D eigenvalue weighted by Gasteiger charge is -2.25. The standard InChI is InChI=1S/C15H27N3O/c1-12(2)9-16-10-14-6-7-17-15(8-14)18(4)13(3)11-19-5/h6-8,12-13,16H,9-11H2,1-5H3. The third kappa shape index (κ3) is 5.57. The normalized spacial score (nSPS) is 12.7. The van der Waals surface area contributed by atoms with Gasteiger partial charge < -0.3 is 15.0 Å². The van der Waals surface area contributed by atoms with Crippen LogP contribution in [-0.2, 0) is 11.3 Å². The van der Waals surface area contributed by atoms with Crippen LogP contribution in [0.3, 0.4) is 0 Å². The van der Waals surface area contributed by atoms with Crippen LogP contribution in [0.5, 0.6) is 0 Å². The largest absolute Gasteiger partial charge is 0.383 e. The molecule has 0 saturated heterocycles. The zero-order chi connectivity index (χ0) is 14.3. The van der Waals surface area contributed by atoms with Crippen molar-refractivity contribution in [3.8, 4) is 0 Å². The molecule has 0 spiro atoms. The summed E-state index contributed by atoms with van der Waals surface area (Å²) in [6.45, 7) is 9.19. The second-order valence-corrected chi connectivity index (χ2v) is 5.46. The molecule has 108 valence electrons. The number of ether oxygens (including phenoxy) is 1. The van der Waals surface area contributed by atoms with Crippen molar-refractivity contribution in [1.29, 1.82) is 0 Å². The van der Waals surface area contributed by atoms with Crippen LogP contribution in [0.4, 0.5) is 5.82 Å². The molecule has 1 unspecified atom stereocenters. The second-order valence-electron chi connectivity index (χ2n) is 5.46. The van der Waals surface area contributed by atoms with Crippen LogP contribution in [-0.4, -0.2) is 38.3 Å². The Balaban J connectivity index is 2.60. The van der Waals surface area contributed by atoms with E-state index < -0.39 is 0 Å². The lowest BCUT2D eigenvalue weighted by atomic mass is 10.2. The third-order valence-electron chi connectivity index (χ3n) is 3.12. The molecule has 0 aliphatic carbocycles. The van der Waals surface area contributed by atoms with Crippen LogP contribution >= 0.6 is 0 Å². The van der Waals surface area contributed by atoms with Crippen molar-refractivity contribution in [3.63, 3.8) is 0 Å². The Morgan fingerprint density at radius 3 is 2.74 bits per heavy atom. The molecule has 0 fully saturated rings. The van der Waals surface area contributed by atoms with Gasteiger partial charge >= 0.3 is 0 Å². The maximum Gasteiger partial charge on any atom is 0.128 e. The highest BCUT2D eigenvalue weighted by Crippen LogP contribution is 2.14. The SMILES string of the molecule is COCC(C)N(C)c1cc(CNCC(C)C)ccn1. The quantitative estimate of drug-likeness (QED) is 0.782. The van der Waals surface area contributed by atoms with Crippen LogP contribution in [0.2, 0.25) is 0 Å². The molecule has 1 aromatic heterocycles. The molecule has 0 aromatic carbocycles. The van der Waals surface area contributed by atoms with Crippen molar-refractivity contribution in [2.75, 3.05) is 32.2 Å². The van der Waals surface area contributed by atoms with E-state index in [1.54, 1.807) is 7.11 Å². The Kier molecular flexibility index (Phi) is 6.81. The van der Waals surface area contributed by atoms with E-state index >= 15 is 0 Å². The first kappa shape index (κ1) is 15.9. The molecule has 0 saturated carbocycles. The van der Waals surface area contributed by atoms with Crippen molar-refractivity contribution in [1.82, 2.24) is 10.3 Å². The minimum Gasteiger partial charge on any atom is -0.383 e. The van der Waals surface area contributed by atoms with Crippen LogP contribution in [0.25, 0.3) is 0 Å². The molecule has 0 aliphatic heterocycles. The summed E-state index contributed by atoms with van der Waals surface area (Å²) in [5, 5.41) is 3.45. The average Bonchev–Trinajstić information content (AvgIpc) is 2.38. The van der Waals surface area contributed by atoms with Gasteiger partial charge in [-0.1, -0.05) is 13.8 Å². The van der Waals surface area contributed by atoms with Gasteiger partial charge in [0.2, 0.25) is 0 Å². The van der Waals surface area contributed by atoms with E-state index in [-0.39, 0.29) is 0 Å². The van der Waals surface area contributed by atoms with Crippen LogP contribution < -0.4 is 10.2 Å². The van der Waals surface area contributed by atoms with Crippen LogP contribution in [0, 0.1) is 5.92 Å². The lowest BCUT2D eigenvalue weighted by Crippen LogP contribution is -2.33. The molecule has 1 aromatic rings. The lowest BCUT2D eigenvalue weighted by molar-refractivity contribution is 0.183. The summed E-state index contributed by atoms with van der Waals surface area (Å²) in [6, 6.07) is 4.52. The smallest absolute Gasteiger partial charge is 0.128 e. The second kappa shape index (κ2) is 8.12. The van der Waals surface area contributed by atoms with Crippen molar-refractivity contribution in [2.24, 2.45) is 5.92 Å². The zero-order valence-corrected chi connectivity index (χ0v) is 12.8. The first-order valence-corrected chi connectivity index (χ1v) is 6.92. The Hall–Kier alpha value is -1.13. The molecule has 0 bridgehead atoms. The summed E-state index contributed by atoms with van der Waals surface area (Å²) in [4.78, 5) is 6.58. The number of anilines is 1. The number of nitrogens with zero attached hydrogens (tertiary/aromatic N) is 2. The van der Waals surface area contributed by atoms with E-state index in [4.69, 9.17) is 4.74 Å². The fourth-order valence-electron chi connectivity index (χ4n) is 1.85. The van der Waals surface area contributed by atoms with Crippen molar-refractivity contribution in [2.45, 2.75) is 33.4 Å². The fourth-order valence-corrected chi connectivity index (χ4v) is 1.85. The first-order valence-electron chi connectivity index (χ1n) is 6.92. The Morgan fingerprint density at radius 1 is 1.37 bits per heavy atom. The Morgan fingerprint density at radius 2 is 2.11 bits per heavy atom. The number of likely N-dealkylation sites (N-methyl/N-ethyl adjacent to an activating group) is 1. The molecule has 0 radical (unpaired) electrons. The number of hydrogen-bond donors (Lipinski definition) is 1. The third-order valence-corrected chi connectivity index (χ3v) is 3.12. The molecular formula is C15H27N3O. The van der Waals surface area contributed by atoms with Crippen molar-refractivity contribution < 1.29 is 4.74 Å². The van der Waals surface area contributed by atoms with E-state index in [0.717, 1.165) is 18.9 Å². The minimum atomic E-state index is 0.316. The summed E-state index contributed by atoms with van der Waals surface area (Å²) in [5.74, 6) is 1.67. The van der Waals surface area contributed by atoms with Crippen molar-refractivity contribution >= 4 is 5.82 Å². The van der Waals surface area contributed by atoms with E-state index in [2.05, 4.69) is 55.2 Å². The van der Waals surface area contributed by atoms with Crippen LogP contribution in [0.1, 0.15) is 26.3 Å². The van der Waals surface area contributed by atoms with Crippen LogP contribution in [0.15, 0.2) is 18.3 Å². The highest BCUT2D eigenvalue weighted by Gasteiger charge is 2.11. The monoisotopic (exact) mass is 265 g/mol. The van der Waals surface area contributed by atoms with Gasteiger partial charge in [-0.3, -0.25) is 0 Å². The number of pyridine rings is 1. The fraction of sp³-hybridized carbons (Fsp3) is 0.667.